The number of amides is 1. The molecule has 0 spiro atoms. The van der Waals surface area contributed by atoms with E-state index in [4.69, 9.17) is 0 Å². The molecule has 3 aromatic rings. The van der Waals surface area contributed by atoms with Crippen molar-refractivity contribution in [1.29, 1.82) is 0 Å². The van der Waals surface area contributed by atoms with Crippen LogP contribution in [0.15, 0.2) is 47.5 Å². The maximum atomic E-state index is 13.5. The Balaban J connectivity index is 2.17. The molecule has 1 amide bonds. The third-order valence-corrected chi connectivity index (χ3v) is 5.96. The average Bonchev–Trinajstić information content (AvgIpc) is 3.01. The van der Waals surface area contributed by atoms with E-state index in [1.54, 1.807) is 17.4 Å². The molecule has 146 valence electrons. The van der Waals surface area contributed by atoms with Gasteiger partial charge in [0.1, 0.15) is 5.82 Å². The lowest BCUT2D eigenvalue weighted by molar-refractivity contribution is 0.0997. The van der Waals surface area contributed by atoms with Gasteiger partial charge in [0.05, 0.1) is 5.69 Å². The Kier molecular flexibility index (Phi) is 6.25. The molecule has 3 nitrogen and oxygen atoms in total. The van der Waals surface area contributed by atoms with Gasteiger partial charge >= 0.3 is 0 Å². The molecule has 0 bridgehead atoms. The maximum Gasteiger partial charge on any atom is 0.279 e. The molecule has 0 saturated heterocycles. The highest BCUT2D eigenvalue weighted by Crippen LogP contribution is 2.29. The van der Waals surface area contributed by atoms with E-state index in [9.17, 15) is 9.18 Å². The quantitative estimate of drug-likeness (QED) is 0.546. The third kappa shape index (κ3) is 4.14. The van der Waals surface area contributed by atoms with Gasteiger partial charge in [-0.05, 0) is 68.1 Å². The first-order valence-electron chi connectivity index (χ1n) is 9.59. The number of rotatable bonds is 5. The first-order chi connectivity index (χ1) is 13.4. The first kappa shape index (κ1) is 20.2. The molecule has 0 aliphatic rings. The van der Waals surface area contributed by atoms with Crippen LogP contribution in [0.1, 0.15) is 46.6 Å². The van der Waals surface area contributed by atoms with Gasteiger partial charge in [0.25, 0.3) is 5.91 Å². The van der Waals surface area contributed by atoms with E-state index in [0.29, 0.717) is 11.3 Å². The van der Waals surface area contributed by atoms with E-state index in [1.807, 2.05) is 0 Å². The number of aromatic nitrogens is 1. The zero-order valence-electron chi connectivity index (χ0n) is 16.8. The summed E-state index contributed by atoms with van der Waals surface area (Å²) in [6, 6.07) is 12.1. The van der Waals surface area contributed by atoms with Crippen molar-refractivity contribution in [1.82, 2.24) is 4.57 Å². The molecule has 0 fully saturated rings. The van der Waals surface area contributed by atoms with Crippen molar-refractivity contribution >= 4 is 17.2 Å². The molecule has 0 aliphatic heterocycles. The number of carbonyl (C=O) groups is 1. The molecule has 0 saturated carbocycles. The van der Waals surface area contributed by atoms with E-state index >= 15 is 0 Å². The van der Waals surface area contributed by atoms with Crippen molar-refractivity contribution in [3.63, 3.8) is 0 Å². The zero-order chi connectivity index (χ0) is 20.3. The molecule has 28 heavy (non-hydrogen) atoms. The van der Waals surface area contributed by atoms with Crippen LogP contribution >= 0.6 is 11.3 Å². The Morgan fingerprint density at radius 1 is 1.11 bits per heavy atom. The molecule has 3 rings (SSSR count). The second-order valence-electron chi connectivity index (χ2n) is 6.88. The topological polar surface area (TPSA) is 34.4 Å². The second kappa shape index (κ2) is 8.65. The number of carbonyl (C=O) groups excluding carboxylic acids is 1. The maximum absolute atomic E-state index is 13.5. The summed E-state index contributed by atoms with van der Waals surface area (Å²) < 4.78 is 15.6. The van der Waals surface area contributed by atoms with Crippen LogP contribution in [0.3, 0.4) is 0 Å². The number of benzene rings is 2. The van der Waals surface area contributed by atoms with Gasteiger partial charge in [-0.25, -0.2) is 4.39 Å². The van der Waals surface area contributed by atoms with Crippen LogP contribution in [-0.2, 0) is 13.0 Å². The van der Waals surface area contributed by atoms with E-state index in [0.717, 1.165) is 24.1 Å². The van der Waals surface area contributed by atoms with Crippen molar-refractivity contribution in [2.75, 3.05) is 0 Å². The van der Waals surface area contributed by atoms with Gasteiger partial charge in [-0.3, -0.25) is 4.79 Å². The standard InChI is InChI=1S/C23H25FN2OS/c1-5-8-20-21(17-12-11-15(3)16(4)13-17)26(6-2)23(28-20)25-22(27)18-9-7-10-19(24)14-18/h7,9-14H,5-6,8H2,1-4H3. The van der Waals surface area contributed by atoms with Gasteiger partial charge in [-0.1, -0.05) is 31.5 Å². The van der Waals surface area contributed by atoms with Crippen molar-refractivity contribution in [2.45, 2.75) is 47.1 Å². The van der Waals surface area contributed by atoms with Crippen LogP contribution in [0, 0.1) is 19.7 Å². The van der Waals surface area contributed by atoms with Crippen molar-refractivity contribution in [3.05, 3.63) is 74.7 Å². The van der Waals surface area contributed by atoms with Gasteiger partial charge < -0.3 is 4.57 Å². The van der Waals surface area contributed by atoms with Crippen LogP contribution < -0.4 is 4.80 Å². The number of hydrogen-bond acceptors (Lipinski definition) is 2. The van der Waals surface area contributed by atoms with Crippen LogP contribution in [0.5, 0.6) is 0 Å². The van der Waals surface area contributed by atoms with Gasteiger partial charge in [0, 0.05) is 17.0 Å². The summed E-state index contributed by atoms with van der Waals surface area (Å²) in [4.78, 5) is 18.8. The minimum absolute atomic E-state index is 0.265. The Morgan fingerprint density at radius 2 is 1.89 bits per heavy atom. The highest BCUT2D eigenvalue weighted by atomic mass is 32.1. The summed E-state index contributed by atoms with van der Waals surface area (Å²) in [6.07, 6.45) is 1.94. The number of thiazole rings is 1. The summed E-state index contributed by atoms with van der Waals surface area (Å²) in [5.74, 6) is -0.851. The van der Waals surface area contributed by atoms with Crippen molar-refractivity contribution in [2.24, 2.45) is 4.99 Å². The number of nitrogens with zero attached hydrogens (tertiary/aromatic N) is 2. The van der Waals surface area contributed by atoms with Crippen molar-refractivity contribution < 1.29 is 9.18 Å². The first-order valence-corrected chi connectivity index (χ1v) is 10.4. The molecular weight excluding hydrogens is 371 g/mol. The highest BCUT2D eigenvalue weighted by Gasteiger charge is 2.16. The number of hydrogen-bond donors (Lipinski definition) is 0. The van der Waals surface area contributed by atoms with Crippen LogP contribution in [0.25, 0.3) is 11.3 Å². The lowest BCUT2D eigenvalue weighted by Crippen LogP contribution is -2.17. The minimum Gasteiger partial charge on any atom is -0.316 e. The molecular formula is C23H25FN2OS. The molecule has 1 heterocycles. The smallest absolute Gasteiger partial charge is 0.279 e. The van der Waals surface area contributed by atoms with Gasteiger partial charge in [-0.15, -0.1) is 11.3 Å². The van der Waals surface area contributed by atoms with Crippen LogP contribution in [-0.4, -0.2) is 10.5 Å². The van der Waals surface area contributed by atoms with Crippen LogP contribution in [0.2, 0.25) is 0 Å². The summed E-state index contributed by atoms with van der Waals surface area (Å²) in [5.41, 5.74) is 5.03. The monoisotopic (exact) mass is 396 g/mol. The lowest BCUT2D eigenvalue weighted by Gasteiger charge is -2.11. The Morgan fingerprint density at radius 3 is 2.54 bits per heavy atom. The molecule has 2 aromatic carbocycles. The van der Waals surface area contributed by atoms with E-state index in [2.05, 4.69) is 55.5 Å². The largest absolute Gasteiger partial charge is 0.316 e. The fourth-order valence-corrected chi connectivity index (χ4v) is 4.52. The fraction of sp³-hybridized carbons (Fsp3) is 0.304. The van der Waals surface area contributed by atoms with Crippen LogP contribution in [0.4, 0.5) is 4.39 Å². The molecule has 0 radical (unpaired) electrons. The summed E-state index contributed by atoms with van der Waals surface area (Å²) >= 11 is 1.55. The number of halogens is 1. The predicted molar refractivity (Wildman–Crippen MR) is 113 cm³/mol. The third-order valence-electron chi connectivity index (χ3n) is 4.82. The molecule has 0 aliphatic carbocycles. The zero-order valence-corrected chi connectivity index (χ0v) is 17.6. The number of aryl methyl sites for hydroxylation is 3. The minimum atomic E-state index is -0.432. The van der Waals surface area contributed by atoms with Gasteiger partial charge in [0.2, 0.25) is 0 Å². The lowest BCUT2D eigenvalue weighted by atomic mass is 10.0. The summed E-state index contributed by atoms with van der Waals surface area (Å²) in [6.45, 7) is 9.12. The summed E-state index contributed by atoms with van der Waals surface area (Å²) in [7, 11) is 0. The average molecular weight is 397 g/mol. The molecule has 0 unspecified atom stereocenters. The molecule has 0 N–H and O–H groups in total. The molecule has 0 atom stereocenters. The molecule has 5 heteroatoms. The van der Waals surface area contributed by atoms with E-state index in [1.165, 1.54) is 34.2 Å². The highest BCUT2D eigenvalue weighted by molar-refractivity contribution is 7.09. The van der Waals surface area contributed by atoms with Gasteiger partial charge in [-0.2, -0.15) is 4.99 Å². The fourth-order valence-electron chi connectivity index (χ4n) is 3.21. The Hall–Kier alpha value is -2.53. The SMILES string of the molecule is CCCc1sc(=NC(=O)c2cccc(F)c2)n(CC)c1-c1ccc(C)c(C)c1. The molecule has 1 aromatic heterocycles. The predicted octanol–water partition coefficient (Wildman–Crippen LogP) is 5.69. The Bertz CT molecular complexity index is 1080. The van der Waals surface area contributed by atoms with Gasteiger partial charge in [0.15, 0.2) is 4.80 Å². The van der Waals surface area contributed by atoms with E-state index < -0.39 is 11.7 Å². The van der Waals surface area contributed by atoms with Crippen molar-refractivity contribution in [3.8, 4) is 11.3 Å². The normalized spacial score (nSPS) is 11.8. The summed E-state index contributed by atoms with van der Waals surface area (Å²) in [5, 5.41) is 0. The van der Waals surface area contributed by atoms with E-state index in [-0.39, 0.29) is 5.56 Å². The Labute approximate surface area is 169 Å². The second-order valence-corrected chi connectivity index (χ2v) is 7.94.